The van der Waals surface area contributed by atoms with Crippen LogP contribution in [0.5, 0.6) is 0 Å². The first-order valence-electron chi connectivity index (χ1n) is 8.03. The van der Waals surface area contributed by atoms with Crippen molar-refractivity contribution in [1.29, 1.82) is 0 Å². The Morgan fingerprint density at radius 1 is 1.33 bits per heavy atom. The number of hydrogen-bond donors (Lipinski definition) is 0. The first kappa shape index (κ1) is 17.9. The quantitative estimate of drug-likeness (QED) is 0.369. The minimum absolute atomic E-state index is 0.0727. The Labute approximate surface area is 128 Å². The van der Waals surface area contributed by atoms with Crippen molar-refractivity contribution in [2.45, 2.75) is 58.7 Å². The lowest BCUT2D eigenvalue weighted by Crippen LogP contribution is -2.22. The van der Waals surface area contributed by atoms with Crippen LogP contribution in [0.4, 0.5) is 0 Å². The fraction of sp³-hybridized carbons (Fsp3) is 0.706. The van der Waals surface area contributed by atoms with Gasteiger partial charge in [0.2, 0.25) is 0 Å². The number of ether oxygens (including phenoxy) is 3. The summed E-state index contributed by atoms with van der Waals surface area (Å²) in [6.07, 6.45) is 11.7. The summed E-state index contributed by atoms with van der Waals surface area (Å²) in [6.45, 7) is 5.65. The lowest BCUT2D eigenvalue weighted by atomic mass is 10.1. The molecule has 0 spiro atoms. The summed E-state index contributed by atoms with van der Waals surface area (Å²) in [5.41, 5.74) is 0.989. The third-order valence-electron chi connectivity index (χ3n) is 3.26. The topological polar surface area (TPSA) is 44.8 Å². The molecular formula is C17H28O4. The van der Waals surface area contributed by atoms with E-state index in [0.29, 0.717) is 13.2 Å². The van der Waals surface area contributed by atoms with Gasteiger partial charge in [0.15, 0.2) is 6.29 Å². The molecule has 1 rings (SSSR count). The number of carbonyl (C=O) groups is 1. The molecular weight excluding hydrogens is 268 g/mol. The minimum Gasteiger partial charge on any atom is -0.463 e. The fourth-order valence-corrected chi connectivity index (χ4v) is 2.12. The smallest absolute Gasteiger partial charge is 0.331 e. The van der Waals surface area contributed by atoms with Crippen molar-refractivity contribution in [2.24, 2.45) is 0 Å². The molecule has 120 valence electrons. The summed E-state index contributed by atoms with van der Waals surface area (Å²) in [5, 5.41) is 0. The van der Waals surface area contributed by atoms with Gasteiger partial charge in [-0.1, -0.05) is 25.5 Å². The van der Waals surface area contributed by atoms with Crippen molar-refractivity contribution < 1.29 is 19.0 Å². The Bertz CT molecular complexity index is 341. The van der Waals surface area contributed by atoms with Gasteiger partial charge in [-0.3, -0.25) is 0 Å². The molecule has 1 heterocycles. The Hall–Kier alpha value is -1.13. The molecule has 21 heavy (non-hydrogen) atoms. The number of rotatable bonds is 9. The van der Waals surface area contributed by atoms with Crippen LogP contribution in [0.25, 0.3) is 0 Å². The number of allylic oxidation sites excluding steroid dienone is 2. The van der Waals surface area contributed by atoms with E-state index in [4.69, 9.17) is 14.2 Å². The van der Waals surface area contributed by atoms with E-state index in [9.17, 15) is 4.79 Å². The van der Waals surface area contributed by atoms with Crippen LogP contribution in [0.15, 0.2) is 23.8 Å². The number of hydrogen-bond acceptors (Lipinski definition) is 4. The van der Waals surface area contributed by atoms with Gasteiger partial charge in [-0.2, -0.15) is 0 Å². The molecule has 1 saturated heterocycles. The van der Waals surface area contributed by atoms with Crippen LogP contribution in [-0.4, -0.2) is 32.1 Å². The van der Waals surface area contributed by atoms with Gasteiger partial charge < -0.3 is 14.2 Å². The van der Waals surface area contributed by atoms with Crippen molar-refractivity contribution in [1.82, 2.24) is 0 Å². The Kier molecular flexibility index (Phi) is 9.83. The largest absolute Gasteiger partial charge is 0.463 e. The molecule has 0 aliphatic carbocycles. The van der Waals surface area contributed by atoms with Crippen molar-refractivity contribution in [3.63, 3.8) is 0 Å². The van der Waals surface area contributed by atoms with Crippen LogP contribution < -0.4 is 0 Å². The molecule has 1 aliphatic rings. The molecule has 4 nitrogen and oxygen atoms in total. The maximum Gasteiger partial charge on any atom is 0.331 e. The molecule has 4 heteroatoms. The van der Waals surface area contributed by atoms with E-state index < -0.39 is 0 Å². The third kappa shape index (κ3) is 8.68. The predicted octanol–water partition coefficient (Wildman–Crippen LogP) is 3.77. The number of unbranched alkanes of at least 4 members (excludes halogenated alkanes) is 1. The van der Waals surface area contributed by atoms with Crippen molar-refractivity contribution in [2.75, 3.05) is 19.8 Å². The van der Waals surface area contributed by atoms with E-state index in [-0.39, 0.29) is 12.3 Å². The predicted molar refractivity (Wildman–Crippen MR) is 82.9 cm³/mol. The van der Waals surface area contributed by atoms with Crippen molar-refractivity contribution >= 4 is 5.97 Å². The molecule has 1 unspecified atom stereocenters. The van der Waals surface area contributed by atoms with Gasteiger partial charge in [-0.15, -0.1) is 0 Å². The molecule has 1 aliphatic heterocycles. The maximum atomic E-state index is 11.5. The Morgan fingerprint density at radius 3 is 2.86 bits per heavy atom. The lowest BCUT2D eigenvalue weighted by Gasteiger charge is -2.21. The summed E-state index contributed by atoms with van der Waals surface area (Å²) in [7, 11) is 0. The highest BCUT2D eigenvalue weighted by molar-refractivity contribution is 5.83. The van der Waals surface area contributed by atoms with Crippen LogP contribution >= 0.6 is 0 Å². The second-order valence-corrected chi connectivity index (χ2v) is 5.11. The summed E-state index contributed by atoms with van der Waals surface area (Å²) in [6, 6.07) is 0. The van der Waals surface area contributed by atoms with E-state index in [2.05, 4.69) is 6.92 Å². The van der Waals surface area contributed by atoms with Crippen LogP contribution in [0, 0.1) is 0 Å². The average molecular weight is 296 g/mol. The zero-order chi connectivity index (χ0) is 15.3. The molecule has 0 aromatic heterocycles. The molecule has 0 bridgehead atoms. The Morgan fingerprint density at radius 2 is 2.19 bits per heavy atom. The maximum absolute atomic E-state index is 11.5. The summed E-state index contributed by atoms with van der Waals surface area (Å²) < 4.78 is 16.1. The minimum atomic E-state index is -0.273. The fourth-order valence-electron chi connectivity index (χ4n) is 2.12. The zero-order valence-corrected chi connectivity index (χ0v) is 13.3. The molecule has 0 aromatic rings. The van der Waals surface area contributed by atoms with Crippen LogP contribution in [-0.2, 0) is 19.0 Å². The first-order valence-corrected chi connectivity index (χ1v) is 8.03. The average Bonchev–Trinajstić information content (AvgIpc) is 2.50. The highest BCUT2D eigenvalue weighted by Crippen LogP contribution is 2.14. The summed E-state index contributed by atoms with van der Waals surface area (Å²) in [5.74, 6) is -0.273. The molecule has 1 atom stereocenters. The highest BCUT2D eigenvalue weighted by Gasteiger charge is 2.12. The zero-order valence-electron chi connectivity index (χ0n) is 13.3. The standard InChI is InChI=1S/C17H28O4/c1-3-5-9-15(14-16(18)19-4-2)10-8-13-21-17-11-6-7-12-20-17/h8,10,14,17H,3-7,9,11-13H2,1-2H3/b10-8-,15-14-. The van der Waals surface area contributed by atoms with Crippen LogP contribution in [0.3, 0.4) is 0 Å². The van der Waals surface area contributed by atoms with Gasteiger partial charge in [0.05, 0.1) is 13.2 Å². The molecule has 0 radical (unpaired) electrons. The van der Waals surface area contributed by atoms with E-state index in [0.717, 1.165) is 44.3 Å². The second-order valence-electron chi connectivity index (χ2n) is 5.11. The normalized spacial score (nSPS) is 19.9. The number of carbonyl (C=O) groups excluding carboxylic acids is 1. The summed E-state index contributed by atoms with van der Waals surface area (Å²) in [4.78, 5) is 11.5. The van der Waals surface area contributed by atoms with Gasteiger partial charge in [-0.25, -0.2) is 4.79 Å². The Balaban J connectivity index is 2.38. The van der Waals surface area contributed by atoms with E-state index in [1.807, 2.05) is 19.1 Å². The molecule has 0 saturated carbocycles. The van der Waals surface area contributed by atoms with Crippen molar-refractivity contribution in [3.8, 4) is 0 Å². The number of esters is 1. The SMILES string of the molecule is CCCCC(/C=C\COC1CCCCO1)=C/C(=O)OCC. The van der Waals surface area contributed by atoms with Gasteiger partial charge >= 0.3 is 5.97 Å². The van der Waals surface area contributed by atoms with Crippen LogP contribution in [0.2, 0.25) is 0 Å². The molecule has 1 fully saturated rings. The van der Waals surface area contributed by atoms with E-state index >= 15 is 0 Å². The van der Waals surface area contributed by atoms with Gasteiger partial charge in [0, 0.05) is 12.7 Å². The monoisotopic (exact) mass is 296 g/mol. The highest BCUT2D eigenvalue weighted by atomic mass is 16.7. The lowest BCUT2D eigenvalue weighted by molar-refractivity contribution is -0.155. The first-order chi connectivity index (χ1) is 10.3. The van der Waals surface area contributed by atoms with Crippen molar-refractivity contribution in [3.05, 3.63) is 23.8 Å². The molecule has 0 aromatic carbocycles. The second kappa shape index (κ2) is 11.5. The molecule has 0 amide bonds. The van der Waals surface area contributed by atoms with Gasteiger partial charge in [-0.05, 0) is 44.6 Å². The van der Waals surface area contributed by atoms with E-state index in [1.165, 1.54) is 6.42 Å². The third-order valence-corrected chi connectivity index (χ3v) is 3.26. The summed E-state index contributed by atoms with van der Waals surface area (Å²) >= 11 is 0. The van der Waals surface area contributed by atoms with Gasteiger partial charge in [0.1, 0.15) is 0 Å². The van der Waals surface area contributed by atoms with E-state index in [1.54, 1.807) is 6.08 Å². The molecule has 0 N–H and O–H groups in total. The van der Waals surface area contributed by atoms with Gasteiger partial charge in [0.25, 0.3) is 0 Å². The van der Waals surface area contributed by atoms with Crippen LogP contribution in [0.1, 0.15) is 52.4 Å².